The lowest BCUT2D eigenvalue weighted by Crippen LogP contribution is -2.38. The van der Waals surface area contributed by atoms with Gasteiger partial charge in [0.25, 0.3) is 5.91 Å². The number of hydrogen-bond donors (Lipinski definition) is 3. The zero-order chi connectivity index (χ0) is 19.5. The molecule has 154 valence electrons. The number of primary amides is 1. The predicted molar refractivity (Wildman–Crippen MR) is 127 cm³/mol. The number of guanidine groups is 1. The Kier molecular flexibility index (Phi) is 11.6. The molecule has 0 unspecified atom stereocenters. The highest BCUT2D eigenvalue weighted by Gasteiger charge is 2.02. The van der Waals surface area contributed by atoms with Crippen LogP contribution in [0.25, 0.3) is 0 Å². The van der Waals surface area contributed by atoms with Crippen LogP contribution in [0, 0.1) is 0 Å². The third-order valence-electron chi connectivity index (χ3n) is 3.81. The molecule has 1 aromatic carbocycles. The molecular formula is C20H29IN4O2S. The average Bonchev–Trinajstić information content (AvgIpc) is 3.13. The number of hydrogen-bond acceptors (Lipinski definition) is 4. The van der Waals surface area contributed by atoms with E-state index >= 15 is 0 Å². The van der Waals surface area contributed by atoms with E-state index in [0.29, 0.717) is 12.3 Å². The maximum atomic E-state index is 10.7. The predicted octanol–water partition coefficient (Wildman–Crippen LogP) is 3.09. The molecule has 2 rings (SSSR count). The minimum atomic E-state index is -0.480. The summed E-state index contributed by atoms with van der Waals surface area (Å²) >= 11 is 1.82. The Hall–Kier alpha value is -1.81. The van der Waals surface area contributed by atoms with Crippen LogP contribution in [0.15, 0.2) is 41.4 Å². The van der Waals surface area contributed by atoms with Crippen molar-refractivity contribution >= 4 is 47.2 Å². The van der Waals surface area contributed by atoms with Crippen molar-refractivity contribution in [2.75, 3.05) is 19.7 Å². The highest BCUT2D eigenvalue weighted by atomic mass is 127. The van der Waals surface area contributed by atoms with Crippen LogP contribution in [-0.2, 0) is 24.2 Å². The van der Waals surface area contributed by atoms with Crippen LogP contribution in [-0.4, -0.2) is 31.6 Å². The minimum Gasteiger partial charge on any atom is -0.484 e. The van der Waals surface area contributed by atoms with Gasteiger partial charge in [-0.2, -0.15) is 0 Å². The van der Waals surface area contributed by atoms with E-state index in [1.807, 2.05) is 35.6 Å². The molecule has 0 atom stereocenters. The van der Waals surface area contributed by atoms with Crippen LogP contribution >= 0.6 is 35.3 Å². The lowest BCUT2D eigenvalue weighted by molar-refractivity contribution is -0.119. The van der Waals surface area contributed by atoms with Gasteiger partial charge in [-0.3, -0.25) is 4.79 Å². The Labute approximate surface area is 188 Å². The molecule has 0 aliphatic heterocycles. The number of carbonyl (C=O) groups excluding carboxylic acids is 1. The number of carbonyl (C=O) groups is 1. The van der Waals surface area contributed by atoms with Gasteiger partial charge in [-0.05, 0) is 49.6 Å². The Morgan fingerprint density at radius 1 is 1.11 bits per heavy atom. The van der Waals surface area contributed by atoms with Gasteiger partial charge in [0.15, 0.2) is 12.6 Å². The van der Waals surface area contributed by atoms with E-state index in [-0.39, 0.29) is 30.6 Å². The van der Waals surface area contributed by atoms with E-state index in [1.54, 1.807) is 0 Å². The summed E-state index contributed by atoms with van der Waals surface area (Å²) in [6.45, 7) is 6.41. The van der Waals surface area contributed by atoms with Gasteiger partial charge in [-0.25, -0.2) is 4.99 Å². The number of thiophene rings is 1. The second-order valence-corrected chi connectivity index (χ2v) is 7.25. The van der Waals surface area contributed by atoms with Crippen molar-refractivity contribution in [2.24, 2.45) is 10.7 Å². The van der Waals surface area contributed by atoms with Crippen LogP contribution < -0.4 is 21.1 Å². The van der Waals surface area contributed by atoms with Gasteiger partial charge < -0.3 is 21.1 Å². The van der Waals surface area contributed by atoms with Gasteiger partial charge >= 0.3 is 0 Å². The zero-order valence-corrected chi connectivity index (χ0v) is 19.5. The fourth-order valence-electron chi connectivity index (χ4n) is 2.43. The molecule has 28 heavy (non-hydrogen) atoms. The molecular weight excluding hydrogens is 487 g/mol. The monoisotopic (exact) mass is 516 g/mol. The van der Waals surface area contributed by atoms with Gasteiger partial charge in [0, 0.05) is 22.8 Å². The van der Waals surface area contributed by atoms with Crippen molar-refractivity contribution in [1.29, 1.82) is 0 Å². The third kappa shape index (κ3) is 8.92. The standard InChI is InChI=1S/C20H28N4O2S.HI/c1-3-17-9-10-18(27-17)13-24-20(22-4-2)23-12-11-15-5-7-16(8-6-15)26-14-19(21)25;/h5-10H,3-4,11-14H2,1-2H3,(H2,21,25)(H2,22,23,24);1H. The summed E-state index contributed by atoms with van der Waals surface area (Å²) in [7, 11) is 0. The summed E-state index contributed by atoms with van der Waals surface area (Å²) in [6, 6.07) is 12.0. The minimum absolute atomic E-state index is 0. The maximum absolute atomic E-state index is 10.7. The Morgan fingerprint density at radius 2 is 1.82 bits per heavy atom. The lowest BCUT2D eigenvalue weighted by atomic mass is 10.1. The van der Waals surface area contributed by atoms with Crippen molar-refractivity contribution in [3.05, 3.63) is 51.7 Å². The maximum Gasteiger partial charge on any atom is 0.255 e. The molecule has 1 amide bonds. The molecule has 0 fully saturated rings. The van der Waals surface area contributed by atoms with E-state index in [0.717, 1.165) is 31.9 Å². The normalized spacial score (nSPS) is 10.9. The molecule has 6 nitrogen and oxygen atoms in total. The van der Waals surface area contributed by atoms with E-state index < -0.39 is 5.91 Å². The molecule has 0 saturated carbocycles. The van der Waals surface area contributed by atoms with Crippen LogP contribution in [0.2, 0.25) is 0 Å². The Morgan fingerprint density at radius 3 is 2.43 bits per heavy atom. The van der Waals surface area contributed by atoms with Crippen molar-refractivity contribution in [3.63, 3.8) is 0 Å². The van der Waals surface area contributed by atoms with E-state index in [4.69, 9.17) is 10.5 Å². The molecule has 2 aromatic rings. The number of nitrogens with zero attached hydrogens (tertiary/aromatic N) is 1. The largest absolute Gasteiger partial charge is 0.484 e. The number of aryl methyl sites for hydroxylation is 1. The van der Waals surface area contributed by atoms with Crippen LogP contribution in [0.4, 0.5) is 0 Å². The fraction of sp³-hybridized carbons (Fsp3) is 0.400. The highest BCUT2D eigenvalue weighted by molar-refractivity contribution is 14.0. The topological polar surface area (TPSA) is 88.7 Å². The first-order chi connectivity index (χ1) is 13.1. The second kappa shape index (κ2) is 13.4. The molecule has 0 bridgehead atoms. The van der Waals surface area contributed by atoms with Gasteiger partial charge in [-0.15, -0.1) is 35.3 Å². The molecule has 0 aliphatic carbocycles. The molecule has 0 aliphatic rings. The number of amides is 1. The van der Waals surface area contributed by atoms with Crippen molar-refractivity contribution in [3.8, 4) is 5.75 Å². The molecule has 0 spiro atoms. The van der Waals surface area contributed by atoms with Gasteiger partial charge in [0.2, 0.25) is 0 Å². The highest BCUT2D eigenvalue weighted by Crippen LogP contribution is 2.17. The van der Waals surface area contributed by atoms with Gasteiger partial charge in [0.1, 0.15) is 5.75 Å². The number of ether oxygens (including phenoxy) is 1. The van der Waals surface area contributed by atoms with Crippen molar-refractivity contribution < 1.29 is 9.53 Å². The van der Waals surface area contributed by atoms with E-state index in [1.165, 1.54) is 15.3 Å². The SMILES string of the molecule is CCNC(=NCc1ccc(CC)s1)NCCc1ccc(OCC(N)=O)cc1.I. The first-order valence-electron chi connectivity index (χ1n) is 9.20. The summed E-state index contributed by atoms with van der Waals surface area (Å²) in [5, 5.41) is 6.64. The Balaban J connectivity index is 0.00000392. The quantitative estimate of drug-likeness (QED) is 0.257. The number of halogens is 1. The fourth-order valence-corrected chi connectivity index (χ4v) is 3.31. The zero-order valence-electron chi connectivity index (χ0n) is 16.4. The van der Waals surface area contributed by atoms with Crippen LogP contribution in [0.5, 0.6) is 5.75 Å². The molecule has 0 saturated heterocycles. The molecule has 0 radical (unpaired) electrons. The number of rotatable bonds is 10. The molecule has 8 heteroatoms. The summed E-state index contributed by atoms with van der Waals surface area (Å²) in [6.07, 6.45) is 1.93. The van der Waals surface area contributed by atoms with Crippen molar-refractivity contribution in [1.82, 2.24) is 10.6 Å². The summed E-state index contributed by atoms with van der Waals surface area (Å²) in [5.74, 6) is 0.986. The molecule has 1 aromatic heterocycles. The van der Waals surface area contributed by atoms with Crippen LogP contribution in [0.3, 0.4) is 0 Å². The summed E-state index contributed by atoms with van der Waals surface area (Å²) in [4.78, 5) is 18.1. The number of benzene rings is 1. The number of nitrogens with one attached hydrogen (secondary N) is 2. The van der Waals surface area contributed by atoms with E-state index in [2.05, 4.69) is 41.6 Å². The summed E-state index contributed by atoms with van der Waals surface area (Å²) < 4.78 is 5.26. The lowest BCUT2D eigenvalue weighted by Gasteiger charge is -2.11. The average molecular weight is 516 g/mol. The van der Waals surface area contributed by atoms with E-state index in [9.17, 15) is 4.79 Å². The summed E-state index contributed by atoms with van der Waals surface area (Å²) in [5.41, 5.74) is 6.25. The third-order valence-corrected chi connectivity index (χ3v) is 5.03. The molecule has 1 heterocycles. The Bertz CT molecular complexity index is 747. The van der Waals surface area contributed by atoms with Crippen LogP contribution in [0.1, 0.15) is 29.2 Å². The number of nitrogens with two attached hydrogens (primary N) is 1. The van der Waals surface area contributed by atoms with Crippen molar-refractivity contribution in [2.45, 2.75) is 33.2 Å². The first kappa shape index (κ1) is 24.2. The van der Waals surface area contributed by atoms with Gasteiger partial charge in [0.05, 0.1) is 6.54 Å². The number of aliphatic imine (C=N–C) groups is 1. The van der Waals surface area contributed by atoms with Gasteiger partial charge in [-0.1, -0.05) is 19.1 Å². The smallest absolute Gasteiger partial charge is 0.255 e. The second-order valence-electron chi connectivity index (χ2n) is 5.99. The first-order valence-corrected chi connectivity index (χ1v) is 10.0. The molecule has 4 N–H and O–H groups in total.